The molecule has 0 saturated heterocycles. The van der Waals surface area contributed by atoms with Crippen LogP contribution in [-0.4, -0.2) is 11.0 Å². The van der Waals surface area contributed by atoms with Crippen LogP contribution in [0.2, 0.25) is 0 Å². The van der Waals surface area contributed by atoms with E-state index >= 15 is 0 Å². The van der Waals surface area contributed by atoms with Gasteiger partial charge in [-0.2, -0.15) is 0 Å². The molecule has 0 unspecified atom stereocenters. The lowest BCUT2D eigenvalue weighted by Crippen LogP contribution is -2.11. The Balaban J connectivity index is 1.95. The smallest absolute Gasteiger partial charge is 0.311 e. The van der Waals surface area contributed by atoms with Crippen molar-refractivity contribution in [2.24, 2.45) is 0 Å². The first-order chi connectivity index (χ1) is 9.15. The molecule has 0 aliphatic heterocycles. The van der Waals surface area contributed by atoms with Gasteiger partial charge in [0.15, 0.2) is 0 Å². The molecule has 0 aliphatic rings. The van der Waals surface area contributed by atoms with Gasteiger partial charge in [0.2, 0.25) is 0 Å². The van der Waals surface area contributed by atoms with Crippen LogP contribution >= 0.6 is 0 Å². The Kier molecular flexibility index (Phi) is 4.29. The minimum absolute atomic E-state index is 0.125. The summed E-state index contributed by atoms with van der Waals surface area (Å²) < 4.78 is 5.33. The number of carbonyl (C=O) groups is 1. The van der Waals surface area contributed by atoms with Gasteiger partial charge in [0.05, 0.1) is 6.42 Å². The molecule has 0 aliphatic carbocycles. The fourth-order valence-electron chi connectivity index (χ4n) is 1.91. The fraction of sp³-hybridized carbons (Fsp3) is 0.250. The van der Waals surface area contributed by atoms with Crippen molar-refractivity contribution in [2.75, 3.05) is 0 Å². The fourth-order valence-corrected chi connectivity index (χ4v) is 1.91. The Morgan fingerprint density at radius 2 is 2.00 bits per heavy atom. The molecule has 0 amide bonds. The Hall–Kier alpha value is -2.16. The van der Waals surface area contributed by atoms with E-state index in [0.29, 0.717) is 12.2 Å². The van der Waals surface area contributed by atoms with Gasteiger partial charge in [-0.3, -0.25) is 9.78 Å². The number of ether oxygens (including phenoxy) is 1. The number of hydrogen-bond acceptors (Lipinski definition) is 3. The van der Waals surface area contributed by atoms with Crippen LogP contribution in [0.4, 0.5) is 0 Å². The Bertz CT molecular complexity index is 552. The lowest BCUT2D eigenvalue weighted by Gasteiger charge is -2.11. The minimum atomic E-state index is -0.213. The normalized spacial score (nSPS) is 11.9. The Morgan fingerprint density at radius 3 is 2.68 bits per heavy atom. The van der Waals surface area contributed by atoms with E-state index in [9.17, 15) is 4.79 Å². The van der Waals surface area contributed by atoms with Crippen molar-refractivity contribution in [1.29, 1.82) is 0 Å². The third-order valence-corrected chi connectivity index (χ3v) is 2.97. The van der Waals surface area contributed by atoms with E-state index in [2.05, 4.69) is 4.98 Å². The Morgan fingerprint density at radius 1 is 1.26 bits per heavy atom. The van der Waals surface area contributed by atoms with Crippen molar-refractivity contribution in [1.82, 2.24) is 4.98 Å². The molecule has 1 heterocycles. The predicted octanol–water partition coefficient (Wildman–Crippen LogP) is 3.49. The molecule has 2 rings (SSSR count). The van der Waals surface area contributed by atoms with E-state index in [0.717, 1.165) is 11.1 Å². The lowest BCUT2D eigenvalue weighted by molar-refractivity contribution is -0.134. The zero-order valence-corrected chi connectivity index (χ0v) is 11.2. The molecule has 3 nitrogen and oxygen atoms in total. The summed E-state index contributed by atoms with van der Waals surface area (Å²) in [4.78, 5) is 15.8. The van der Waals surface area contributed by atoms with Crippen LogP contribution in [-0.2, 0) is 4.79 Å². The van der Waals surface area contributed by atoms with Crippen LogP contribution in [0.3, 0.4) is 0 Å². The van der Waals surface area contributed by atoms with E-state index in [1.165, 1.54) is 0 Å². The molecule has 0 spiro atoms. The average Bonchev–Trinajstić information content (AvgIpc) is 2.39. The second kappa shape index (κ2) is 6.14. The van der Waals surface area contributed by atoms with Gasteiger partial charge in [-0.25, -0.2) is 0 Å². The number of pyridine rings is 1. The highest BCUT2D eigenvalue weighted by atomic mass is 16.5. The maximum Gasteiger partial charge on any atom is 0.311 e. The largest absolute Gasteiger partial charge is 0.427 e. The van der Waals surface area contributed by atoms with Gasteiger partial charge in [0, 0.05) is 12.4 Å². The second-order valence-corrected chi connectivity index (χ2v) is 4.68. The molecular formula is C16H17NO2. The summed E-state index contributed by atoms with van der Waals surface area (Å²) in [5.74, 6) is 0.516. The first-order valence-corrected chi connectivity index (χ1v) is 6.32. The highest BCUT2D eigenvalue weighted by Crippen LogP contribution is 2.20. The standard InChI is InChI=1S/C16H17NO2/c1-12-4-3-5-15(10-12)19-16(18)11-13(2)14-6-8-17-9-7-14/h3-10,13H,11H2,1-2H3/t13-/m0/s1. The van der Waals surface area contributed by atoms with Crippen LogP contribution in [0.25, 0.3) is 0 Å². The van der Waals surface area contributed by atoms with Crippen LogP contribution in [0.15, 0.2) is 48.8 Å². The van der Waals surface area contributed by atoms with E-state index in [4.69, 9.17) is 4.74 Å². The third kappa shape index (κ3) is 3.91. The zero-order chi connectivity index (χ0) is 13.7. The molecule has 0 bridgehead atoms. The van der Waals surface area contributed by atoms with Gasteiger partial charge < -0.3 is 4.74 Å². The predicted molar refractivity (Wildman–Crippen MR) is 74.1 cm³/mol. The Labute approximate surface area is 113 Å². The van der Waals surface area contributed by atoms with Crippen molar-refractivity contribution < 1.29 is 9.53 Å². The van der Waals surface area contributed by atoms with E-state index < -0.39 is 0 Å². The molecule has 19 heavy (non-hydrogen) atoms. The molecule has 1 atom stereocenters. The second-order valence-electron chi connectivity index (χ2n) is 4.68. The van der Waals surface area contributed by atoms with E-state index in [1.807, 2.05) is 44.2 Å². The molecule has 0 N–H and O–H groups in total. The van der Waals surface area contributed by atoms with Crippen LogP contribution < -0.4 is 4.74 Å². The molecule has 98 valence electrons. The highest BCUT2D eigenvalue weighted by molar-refractivity contribution is 5.73. The van der Waals surface area contributed by atoms with E-state index in [1.54, 1.807) is 18.5 Å². The maximum absolute atomic E-state index is 11.9. The number of aromatic nitrogens is 1. The minimum Gasteiger partial charge on any atom is -0.427 e. The summed E-state index contributed by atoms with van der Waals surface area (Å²) in [6.07, 6.45) is 3.83. The van der Waals surface area contributed by atoms with Crippen molar-refractivity contribution in [3.63, 3.8) is 0 Å². The molecule has 1 aromatic carbocycles. The molecular weight excluding hydrogens is 238 g/mol. The van der Waals surface area contributed by atoms with Crippen molar-refractivity contribution >= 4 is 5.97 Å². The van der Waals surface area contributed by atoms with E-state index in [-0.39, 0.29) is 11.9 Å². The van der Waals surface area contributed by atoms with Gasteiger partial charge in [-0.05, 0) is 48.2 Å². The van der Waals surface area contributed by atoms with Crippen molar-refractivity contribution in [3.05, 3.63) is 59.9 Å². The van der Waals surface area contributed by atoms with Crippen molar-refractivity contribution in [3.8, 4) is 5.75 Å². The van der Waals surface area contributed by atoms with Gasteiger partial charge in [0.25, 0.3) is 0 Å². The molecule has 3 heteroatoms. The summed E-state index contributed by atoms with van der Waals surface area (Å²) in [6, 6.07) is 11.3. The summed E-state index contributed by atoms with van der Waals surface area (Å²) >= 11 is 0. The summed E-state index contributed by atoms with van der Waals surface area (Å²) in [7, 11) is 0. The SMILES string of the molecule is Cc1cccc(OC(=O)C[C@H](C)c2ccncc2)c1. The van der Waals surface area contributed by atoms with Gasteiger partial charge in [0.1, 0.15) is 5.75 Å². The molecule has 0 saturated carbocycles. The quantitative estimate of drug-likeness (QED) is 0.620. The van der Waals surface area contributed by atoms with Crippen LogP contribution in [0, 0.1) is 6.92 Å². The lowest BCUT2D eigenvalue weighted by atomic mass is 9.99. The van der Waals surface area contributed by atoms with Gasteiger partial charge in [-0.1, -0.05) is 19.1 Å². The molecule has 1 aromatic heterocycles. The highest BCUT2D eigenvalue weighted by Gasteiger charge is 2.13. The summed E-state index contributed by atoms with van der Waals surface area (Å²) in [5, 5.41) is 0. The first kappa shape index (κ1) is 13.3. The monoisotopic (exact) mass is 255 g/mol. The van der Waals surface area contributed by atoms with Crippen molar-refractivity contribution in [2.45, 2.75) is 26.2 Å². The average molecular weight is 255 g/mol. The number of aryl methyl sites for hydroxylation is 1. The summed E-state index contributed by atoms with van der Waals surface area (Å²) in [5.41, 5.74) is 2.17. The number of rotatable bonds is 4. The zero-order valence-electron chi connectivity index (χ0n) is 11.2. The number of nitrogens with zero attached hydrogens (tertiary/aromatic N) is 1. The molecule has 2 aromatic rings. The number of hydrogen-bond donors (Lipinski definition) is 0. The third-order valence-electron chi connectivity index (χ3n) is 2.97. The van der Waals surface area contributed by atoms with Gasteiger partial charge in [-0.15, -0.1) is 0 Å². The van der Waals surface area contributed by atoms with Gasteiger partial charge >= 0.3 is 5.97 Å². The molecule has 0 radical (unpaired) electrons. The number of esters is 1. The van der Waals surface area contributed by atoms with Crippen LogP contribution in [0.5, 0.6) is 5.75 Å². The number of benzene rings is 1. The van der Waals surface area contributed by atoms with Crippen LogP contribution in [0.1, 0.15) is 30.4 Å². The summed E-state index contributed by atoms with van der Waals surface area (Å²) in [6.45, 7) is 3.98. The first-order valence-electron chi connectivity index (χ1n) is 6.32. The molecule has 0 fully saturated rings. The number of carbonyl (C=O) groups excluding carboxylic acids is 1. The topological polar surface area (TPSA) is 39.2 Å². The maximum atomic E-state index is 11.9.